The fourth-order valence-electron chi connectivity index (χ4n) is 5.72. The van der Waals surface area contributed by atoms with Gasteiger partial charge in [0.2, 0.25) is 17.2 Å². The summed E-state index contributed by atoms with van der Waals surface area (Å²) in [5, 5.41) is 29.2. The predicted molar refractivity (Wildman–Crippen MR) is 231 cm³/mol. The van der Waals surface area contributed by atoms with Crippen LogP contribution in [0.25, 0.3) is 10.8 Å². The molecule has 0 amide bonds. The standard InChI is InChI=1S/C33H27ClN10O19S6.5Na/c34-31-38-32(36-18-2-1-3-21(14-18)64(46,47)11-10-63-69(60,61)62)40-33(39-31)37-19-6-9-23(66(51,52)53)22(15-19)42-44-29-25(68(57,58)59)13-16-12-24(67(54,55)56)28(27(35)26(16)30(29)45)43-41-17-4-7-20(8-5-17)65(48,49)50;;;;;/h1-9,12-15,45H,10-11,35H2,(H,48,49,50)(H,51,52,53)(H,54,55,56)(H,57,58,59)(H,60,61,62)(H2,36,37,38,39,40);;;;;/q;5*+1/p-4. The van der Waals surface area contributed by atoms with Crippen LogP contribution in [0.3, 0.4) is 0 Å². The predicted octanol–water partition coefficient (Wildman–Crippen LogP) is -11.5. The van der Waals surface area contributed by atoms with Gasteiger partial charge in [0.05, 0.1) is 53.6 Å². The van der Waals surface area contributed by atoms with E-state index in [2.05, 4.69) is 50.2 Å². The van der Waals surface area contributed by atoms with Crippen molar-refractivity contribution in [3.05, 3.63) is 84.1 Å². The molecule has 6 N–H and O–H groups in total. The van der Waals surface area contributed by atoms with Crippen LogP contribution in [0, 0.1) is 0 Å². The first-order chi connectivity index (χ1) is 31.8. The molecule has 0 unspecified atom stereocenters. The van der Waals surface area contributed by atoms with Crippen LogP contribution in [-0.2, 0) is 64.9 Å². The number of nitrogens with two attached hydrogens (primary N) is 1. The summed E-state index contributed by atoms with van der Waals surface area (Å²) in [6.45, 7) is -0.910. The monoisotopic (exact) mass is 1200 g/mol. The zero-order valence-corrected chi connectivity index (χ0v) is 53.9. The molecule has 5 aromatic carbocycles. The van der Waals surface area contributed by atoms with E-state index in [1.54, 1.807) is 0 Å². The van der Waals surface area contributed by atoms with Gasteiger partial charge in [0.15, 0.2) is 15.6 Å². The van der Waals surface area contributed by atoms with Crippen molar-refractivity contribution in [1.82, 2.24) is 15.0 Å². The number of benzene rings is 5. The first kappa shape index (κ1) is 70.5. The third kappa shape index (κ3) is 18.6. The molecule has 0 saturated heterocycles. The van der Waals surface area contributed by atoms with Gasteiger partial charge in [-0.15, -0.1) is 15.3 Å². The van der Waals surface area contributed by atoms with E-state index in [0.29, 0.717) is 18.2 Å². The van der Waals surface area contributed by atoms with Crippen molar-refractivity contribution in [2.75, 3.05) is 28.7 Å². The van der Waals surface area contributed by atoms with E-state index in [4.69, 9.17) is 21.9 Å². The van der Waals surface area contributed by atoms with Gasteiger partial charge in [-0.3, -0.25) is 4.55 Å². The van der Waals surface area contributed by atoms with E-state index < -0.39 is 143 Å². The third-order valence-corrected chi connectivity index (χ3v) is 14.4. The van der Waals surface area contributed by atoms with Crippen molar-refractivity contribution in [3.8, 4) is 5.75 Å². The summed E-state index contributed by atoms with van der Waals surface area (Å²) in [5.74, 6) is -2.96. The summed E-state index contributed by atoms with van der Waals surface area (Å²) in [7, 11) is -30.8. The van der Waals surface area contributed by atoms with Gasteiger partial charge in [0, 0.05) is 11.4 Å². The fraction of sp³-hybridized carbons (Fsp3) is 0.0606. The number of fused-ring (bicyclic) bond motifs is 1. The topological polar surface area (TPSA) is 485 Å². The second kappa shape index (κ2) is 27.6. The van der Waals surface area contributed by atoms with Crippen LogP contribution in [0.5, 0.6) is 5.75 Å². The van der Waals surface area contributed by atoms with Gasteiger partial charge in [-0.25, -0.2) is 46.3 Å². The fourth-order valence-corrected chi connectivity index (χ4v) is 9.78. The summed E-state index contributed by atoms with van der Waals surface area (Å²) in [6, 6.07) is 11.8. The van der Waals surface area contributed by atoms with E-state index >= 15 is 0 Å². The third-order valence-electron chi connectivity index (χ3n) is 8.63. The summed E-state index contributed by atoms with van der Waals surface area (Å²) in [4.78, 5) is 6.96. The summed E-state index contributed by atoms with van der Waals surface area (Å²) < 4.78 is 205. The Kier molecular flexibility index (Phi) is 26.3. The van der Waals surface area contributed by atoms with E-state index in [1.807, 2.05) is 0 Å². The van der Waals surface area contributed by atoms with Crippen molar-refractivity contribution >= 4 is 135 Å². The van der Waals surface area contributed by atoms with E-state index in [9.17, 15) is 73.8 Å². The number of hydrogen-bond acceptors (Lipinski definition) is 28. The Morgan fingerprint density at radius 3 is 1.62 bits per heavy atom. The number of sulfone groups is 1. The second-order valence-corrected chi connectivity index (χ2v) is 22.3. The van der Waals surface area contributed by atoms with Crippen LogP contribution in [0.4, 0.5) is 51.7 Å². The number of aromatic nitrogens is 3. The van der Waals surface area contributed by atoms with Gasteiger partial charge in [0.1, 0.15) is 57.5 Å². The quantitative estimate of drug-likeness (QED) is 0.0245. The molecule has 41 heteroatoms. The van der Waals surface area contributed by atoms with Crippen LogP contribution in [0.1, 0.15) is 0 Å². The number of nitrogens with one attached hydrogen (secondary N) is 2. The molecule has 0 atom stereocenters. The number of phenolic OH excluding ortho intramolecular Hbond substituents is 1. The molecule has 0 aliphatic rings. The van der Waals surface area contributed by atoms with Crippen molar-refractivity contribution in [1.29, 1.82) is 0 Å². The zero-order chi connectivity index (χ0) is 51.1. The van der Waals surface area contributed by atoms with Crippen LogP contribution < -0.4 is 164 Å². The Hall–Kier alpha value is -1.48. The van der Waals surface area contributed by atoms with Gasteiger partial charge in [0.25, 0.3) is 0 Å². The second-order valence-electron chi connectivity index (χ2n) is 13.3. The van der Waals surface area contributed by atoms with E-state index in [1.165, 1.54) is 12.1 Å². The number of phenols is 1. The number of azo groups is 2. The number of nitrogens with zero attached hydrogens (tertiary/aromatic N) is 7. The maximum Gasteiger partial charge on any atom is 1.00 e. The number of hydrogen-bond donors (Lipinski definition) is 5. The maximum absolute atomic E-state index is 12.7. The van der Waals surface area contributed by atoms with Crippen molar-refractivity contribution in [2.24, 2.45) is 20.5 Å². The molecule has 0 aliphatic carbocycles. The average molecular weight is 1210 g/mol. The van der Waals surface area contributed by atoms with Gasteiger partial charge in [-0.05, 0) is 89.8 Å². The Balaban J connectivity index is 0.00000548. The largest absolute Gasteiger partial charge is 1.00 e. The molecular formula is C33H23ClN10Na5O19S6+. The molecule has 0 bridgehead atoms. The van der Waals surface area contributed by atoms with Gasteiger partial charge in [-0.1, -0.05) is 6.07 Å². The first-order valence-corrected chi connectivity index (χ1v) is 26.8. The smallest absolute Gasteiger partial charge is 0.744 e. The van der Waals surface area contributed by atoms with Gasteiger partial charge < -0.3 is 39.7 Å². The summed E-state index contributed by atoms with van der Waals surface area (Å²) >= 11 is 6.07. The number of halogens is 1. The van der Waals surface area contributed by atoms with E-state index in [-0.39, 0.29) is 176 Å². The maximum atomic E-state index is 12.7. The molecule has 6 rings (SSSR count). The zero-order valence-electron chi connectivity index (χ0n) is 38.3. The first-order valence-electron chi connectivity index (χ1n) is 17.7. The Morgan fingerprint density at radius 2 is 1.11 bits per heavy atom. The van der Waals surface area contributed by atoms with Crippen molar-refractivity contribution in [2.45, 2.75) is 24.5 Å². The molecular weight excluding hydrogens is 1180 g/mol. The summed E-state index contributed by atoms with van der Waals surface area (Å²) in [6.07, 6.45) is 0. The molecule has 1 heterocycles. The van der Waals surface area contributed by atoms with Crippen LogP contribution in [0.15, 0.2) is 124 Å². The molecule has 1 aromatic heterocycles. The summed E-state index contributed by atoms with van der Waals surface area (Å²) in [5.41, 5.74) is 1.68. The average Bonchev–Trinajstić information content (AvgIpc) is 3.20. The SMILES string of the molecule is Nc1c(N=Nc2ccc(S(=O)(=O)[O-])cc2)c(S(=O)(=O)[O-])cc2cc(S(=O)(=O)[O-])c(N=Nc3cc(Nc4nc(Cl)nc(Nc5cccc(S(=O)(=O)CCOS(=O)(=O)O)c5)n4)ccc3S(=O)(=O)[O-])c(O)c12.[Na+].[Na+].[Na+].[Na+].[Na+]. The molecule has 0 spiro atoms. The number of anilines is 5. The molecule has 74 heavy (non-hydrogen) atoms. The number of nitrogen functional groups attached to an aromatic ring is 1. The minimum Gasteiger partial charge on any atom is -0.744 e. The minimum absolute atomic E-state index is 0. The minimum atomic E-state index is -5.76. The molecule has 0 fully saturated rings. The molecule has 0 saturated carbocycles. The molecule has 0 aliphatic heterocycles. The van der Waals surface area contributed by atoms with Crippen molar-refractivity contribution < 1.29 is 230 Å². The van der Waals surface area contributed by atoms with Gasteiger partial charge >= 0.3 is 158 Å². The molecule has 0 radical (unpaired) electrons. The molecule has 366 valence electrons. The normalized spacial score (nSPS) is 12.2. The Morgan fingerprint density at radius 1 is 0.595 bits per heavy atom. The van der Waals surface area contributed by atoms with E-state index in [0.717, 1.165) is 48.5 Å². The Bertz CT molecular complexity index is 3870. The van der Waals surface area contributed by atoms with Gasteiger partial charge in [-0.2, -0.15) is 28.5 Å². The van der Waals surface area contributed by atoms with Crippen LogP contribution >= 0.6 is 11.6 Å². The Labute approximate surface area is 535 Å². The van der Waals surface area contributed by atoms with Crippen LogP contribution in [0.2, 0.25) is 5.28 Å². The van der Waals surface area contributed by atoms with Crippen LogP contribution in [-0.4, -0.2) is 106 Å². The number of aromatic hydroxyl groups is 1. The molecule has 29 nitrogen and oxygen atoms in total. The van der Waals surface area contributed by atoms with Crippen molar-refractivity contribution in [3.63, 3.8) is 0 Å². The number of rotatable bonds is 17. The molecule has 6 aromatic rings.